The van der Waals surface area contributed by atoms with Gasteiger partial charge >= 0.3 is 0 Å². The maximum atomic E-state index is 5.17. The van der Waals surface area contributed by atoms with Crippen LogP contribution >= 0.6 is 0 Å². The van der Waals surface area contributed by atoms with Gasteiger partial charge in [-0.25, -0.2) is 19.9 Å². The standard InChI is InChI=1S/C54H32N6/c1-2-5-34(6-3-1)45-25-21-39-14-15-40-22-26-46(60-53(40)52(39)59-45)35-10-8-33(9-11-35)41-16-12-36-19-24-47(57-49(36)31-41)42-17-13-37-20-27-48(58-50(37)32-42)43-28-30-56-54-44(43)23-18-38-7-4-29-55-51(38)54/h1-32H. The molecular formula is C54H32N6. The normalized spacial score (nSPS) is 11.7. The van der Waals surface area contributed by atoms with E-state index in [1.54, 1.807) is 0 Å². The van der Waals surface area contributed by atoms with Crippen molar-refractivity contribution in [2.45, 2.75) is 0 Å². The number of rotatable bonds is 5. The molecule has 0 saturated carbocycles. The smallest absolute Gasteiger partial charge is 0.0972 e. The molecule has 0 aliphatic rings. The second-order valence-electron chi connectivity index (χ2n) is 15.1. The first-order chi connectivity index (χ1) is 29.7. The van der Waals surface area contributed by atoms with Crippen molar-refractivity contribution in [2.75, 3.05) is 0 Å². The molecule has 0 aliphatic carbocycles. The van der Waals surface area contributed by atoms with Gasteiger partial charge < -0.3 is 0 Å². The number of hydrogen-bond acceptors (Lipinski definition) is 6. The number of hydrogen-bond donors (Lipinski definition) is 0. The first-order valence-electron chi connectivity index (χ1n) is 20.0. The number of nitrogens with zero attached hydrogens (tertiary/aromatic N) is 6. The second-order valence-corrected chi connectivity index (χ2v) is 15.1. The van der Waals surface area contributed by atoms with Crippen molar-refractivity contribution >= 4 is 65.4 Å². The topological polar surface area (TPSA) is 77.3 Å². The fourth-order valence-electron chi connectivity index (χ4n) is 8.39. The Labute approximate surface area is 344 Å². The van der Waals surface area contributed by atoms with Crippen LogP contribution in [0.25, 0.3) is 122 Å². The lowest BCUT2D eigenvalue weighted by atomic mass is 10.00. The molecule has 0 radical (unpaired) electrons. The maximum absolute atomic E-state index is 5.17. The Kier molecular flexibility index (Phi) is 7.74. The lowest BCUT2D eigenvalue weighted by Crippen LogP contribution is -1.91. The molecule has 0 aliphatic heterocycles. The summed E-state index contributed by atoms with van der Waals surface area (Å²) < 4.78 is 0. The predicted octanol–water partition coefficient (Wildman–Crippen LogP) is 13.3. The molecule has 0 spiro atoms. The molecule has 60 heavy (non-hydrogen) atoms. The largest absolute Gasteiger partial charge is 0.254 e. The lowest BCUT2D eigenvalue weighted by Gasteiger charge is -2.10. The van der Waals surface area contributed by atoms with Crippen LogP contribution in [0.15, 0.2) is 194 Å². The minimum Gasteiger partial charge on any atom is -0.254 e. The number of aromatic nitrogens is 6. The Morgan fingerprint density at radius 1 is 0.267 bits per heavy atom. The third-order valence-corrected chi connectivity index (χ3v) is 11.5. The van der Waals surface area contributed by atoms with E-state index in [1.807, 2.05) is 42.7 Å². The van der Waals surface area contributed by atoms with Crippen LogP contribution in [0.5, 0.6) is 0 Å². The summed E-state index contributed by atoms with van der Waals surface area (Å²) in [4.78, 5) is 29.9. The van der Waals surface area contributed by atoms with Gasteiger partial charge in [0.05, 0.1) is 55.9 Å². The van der Waals surface area contributed by atoms with Gasteiger partial charge in [0.25, 0.3) is 0 Å². The molecule has 12 aromatic rings. The van der Waals surface area contributed by atoms with E-state index >= 15 is 0 Å². The fraction of sp³-hybridized carbons (Fsp3) is 0. The molecule has 6 heterocycles. The quantitative estimate of drug-likeness (QED) is 0.162. The van der Waals surface area contributed by atoms with Gasteiger partial charge in [0.2, 0.25) is 0 Å². The monoisotopic (exact) mass is 764 g/mol. The average Bonchev–Trinajstić information content (AvgIpc) is 3.33. The molecule has 0 fully saturated rings. The van der Waals surface area contributed by atoms with Crippen molar-refractivity contribution in [1.29, 1.82) is 0 Å². The molecule has 12 rings (SSSR count). The number of pyridine rings is 6. The Morgan fingerprint density at radius 3 is 1.50 bits per heavy atom. The van der Waals surface area contributed by atoms with Gasteiger partial charge in [-0.1, -0.05) is 133 Å². The van der Waals surface area contributed by atoms with Gasteiger partial charge in [-0.3, -0.25) is 9.97 Å². The van der Waals surface area contributed by atoms with Crippen molar-refractivity contribution < 1.29 is 0 Å². The van der Waals surface area contributed by atoms with E-state index in [-0.39, 0.29) is 0 Å². The molecule has 0 amide bonds. The van der Waals surface area contributed by atoms with E-state index in [2.05, 4.69) is 157 Å². The highest BCUT2D eigenvalue weighted by Crippen LogP contribution is 2.34. The van der Waals surface area contributed by atoms with Gasteiger partial charge in [-0.05, 0) is 59.7 Å². The van der Waals surface area contributed by atoms with Crippen molar-refractivity contribution in [3.8, 4) is 56.2 Å². The molecule has 0 N–H and O–H groups in total. The van der Waals surface area contributed by atoms with E-state index in [0.717, 1.165) is 122 Å². The van der Waals surface area contributed by atoms with Crippen molar-refractivity contribution in [1.82, 2.24) is 29.9 Å². The Balaban J connectivity index is 0.856. The number of fused-ring (bicyclic) bond motifs is 8. The lowest BCUT2D eigenvalue weighted by molar-refractivity contribution is 1.35. The Bertz CT molecular complexity index is 3660. The minimum atomic E-state index is 0.878. The zero-order valence-electron chi connectivity index (χ0n) is 32.2. The van der Waals surface area contributed by atoms with Crippen LogP contribution in [0, 0.1) is 0 Å². The zero-order valence-corrected chi connectivity index (χ0v) is 32.2. The highest BCUT2D eigenvalue weighted by Gasteiger charge is 2.13. The van der Waals surface area contributed by atoms with E-state index in [1.165, 1.54) is 0 Å². The summed E-state index contributed by atoms with van der Waals surface area (Å²) in [7, 11) is 0. The van der Waals surface area contributed by atoms with Crippen LogP contribution in [0.4, 0.5) is 0 Å². The van der Waals surface area contributed by atoms with Crippen molar-refractivity contribution in [2.24, 2.45) is 0 Å². The van der Waals surface area contributed by atoms with Crippen LogP contribution in [0.2, 0.25) is 0 Å². The van der Waals surface area contributed by atoms with Crippen LogP contribution in [0.1, 0.15) is 0 Å². The van der Waals surface area contributed by atoms with Crippen molar-refractivity contribution in [3.05, 3.63) is 194 Å². The molecule has 6 heteroatoms. The SMILES string of the molecule is c1ccc(-c2ccc3ccc4ccc(-c5ccc(-c6ccc7ccc(-c8ccc9ccc(-c%10ccnc%11c%10ccc%10cccnc%10%11)nc9c8)nc7c6)cc5)nc4c3n2)cc1. The summed E-state index contributed by atoms with van der Waals surface area (Å²) in [6, 6.07) is 63.2. The summed E-state index contributed by atoms with van der Waals surface area (Å²) in [6.45, 7) is 0. The fourth-order valence-corrected chi connectivity index (χ4v) is 8.39. The molecular weight excluding hydrogens is 733 g/mol. The van der Waals surface area contributed by atoms with Gasteiger partial charge in [0.1, 0.15) is 0 Å². The molecule has 6 aromatic carbocycles. The van der Waals surface area contributed by atoms with Crippen LogP contribution in [0.3, 0.4) is 0 Å². The summed E-state index contributed by atoms with van der Waals surface area (Å²) >= 11 is 0. The maximum Gasteiger partial charge on any atom is 0.0972 e. The summed E-state index contributed by atoms with van der Waals surface area (Å²) in [5.74, 6) is 0. The highest BCUT2D eigenvalue weighted by atomic mass is 14.8. The first kappa shape index (κ1) is 33.9. The van der Waals surface area contributed by atoms with E-state index in [4.69, 9.17) is 24.9 Å². The molecule has 278 valence electrons. The summed E-state index contributed by atoms with van der Waals surface area (Å²) in [5, 5.41) is 6.40. The van der Waals surface area contributed by atoms with E-state index in [9.17, 15) is 0 Å². The summed E-state index contributed by atoms with van der Waals surface area (Å²) in [6.07, 6.45) is 3.66. The van der Waals surface area contributed by atoms with Gasteiger partial charge in [0, 0.05) is 67.0 Å². The van der Waals surface area contributed by atoms with Gasteiger partial charge in [-0.15, -0.1) is 0 Å². The molecule has 0 atom stereocenters. The average molecular weight is 765 g/mol. The molecule has 0 bridgehead atoms. The Hall–Kier alpha value is -8.22. The molecule has 0 saturated heterocycles. The second kappa shape index (κ2) is 13.7. The van der Waals surface area contributed by atoms with Crippen molar-refractivity contribution in [3.63, 3.8) is 0 Å². The third-order valence-electron chi connectivity index (χ3n) is 11.5. The van der Waals surface area contributed by atoms with Crippen LogP contribution < -0.4 is 0 Å². The van der Waals surface area contributed by atoms with Gasteiger partial charge in [-0.2, -0.15) is 0 Å². The van der Waals surface area contributed by atoms with Crippen LogP contribution in [-0.2, 0) is 0 Å². The summed E-state index contributed by atoms with van der Waals surface area (Å²) in [5.41, 5.74) is 15.5. The first-order valence-corrected chi connectivity index (χ1v) is 20.0. The zero-order chi connectivity index (χ0) is 39.6. The van der Waals surface area contributed by atoms with Gasteiger partial charge in [0.15, 0.2) is 0 Å². The Morgan fingerprint density at radius 2 is 0.767 bits per heavy atom. The highest BCUT2D eigenvalue weighted by molar-refractivity contribution is 6.08. The van der Waals surface area contributed by atoms with E-state index < -0.39 is 0 Å². The molecule has 6 aromatic heterocycles. The van der Waals surface area contributed by atoms with Crippen LogP contribution in [-0.4, -0.2) is 29.9 Å². The minimum absolute atomic E-state index is 0.878. The molecule has 0 unspecified atom stereocenters. The van der Waals surface area contributed by atoms with E-state index in [0.29, 0.717) is 0 Å². The third kappa shape index (κ3) is 5.81. The number of benzene rings is 6. The predicted molar refractivity (Wildman–Crippen MR) is 245 cm³/mol. The molecule has 6 nitrogen and oxygen atoms in total.